The van der Waals surface area contributed by atoms with E-state index in [2.05, 4.69) is 10.3 Å². The summed E-state index contributed by atoms with van der Waals surface area (Å²) in [5, 5.41) is 3.13. The van der Waals surface area contributed by atoms with Gasteiger partial charge in [0.15, 0.2) is 5.13 Å². The third-order valence-corrected chi connectivity index (χ3v) is 4.43. The smallest absolute Gasteiger partial charge is 0.338 e. The molecule has 26 heavy (non-hydrogen) atoms. The lowest BCUT2D eigenvalue weighted by Crippen LogP contribution is -2.12. The number of nitrogens with two attached hydrogens (primary N) is 1. The summed E-state index contributed by atoms with van der Waals surface area (Å²) in [4.78, 5) is 29.0. The van der Waals surface area contributed by atoms with Crippen molar-refractivity contribution in [3.05, 3.63) is 65.0 Å². The normalized spacial score (nSPS) is 10.3. The van der Waals surface area contributed by atoms with Crippen molar-refractivity contribution >= 4 is 34.0 Å². The molecule has 132 valence electrons. The van der Waals surface area contributed by atoms with Crippen LogP contribution in [0.3, 0.4) is 0 Å². The molecule has 0 unspecified atom stereocenters. The molecule has 0 fully saturated rings. The Balaban J connectivity index is 1.80. The fourth-order valence-corrected chi connectivity index (χ4v) is 3.12. The number of hydrogen-bond acceptors (Lipinski definition) is 6. The van der Waals surface area contributed by atoms with Gasteiger partial charge in [0.2, 0.25) is 0 Å². The van der Waals surface area contributed by atoms with E-state index in [4.69, 9.17) is 10.5 Å². The Morgan fingerprint density at radius 2 is 1.81 bits per heavy atom. The van der Waals surface area contributed by atoms with Gasteiger partial charge in [-0.25, -0.2) is 9.78 Å². The molecule has 3 N–H and O–H groups in total. The van der Waals surface area contributed by atoms with Gasteiger partial charge in [-0.1, -0.05) is 41.7 Å². The van der Waals surface area contributed by atoms with Crippen LogP contribution in [-0.4, -0.2) is 23.5 Å². The largest absolute Gasteiger partial charge is 0.462 e. The third kappa shape index (κ3) is 3.89. The number of esters is 1. The number of ether oxygens (including phenoxy) is 1. The van der Waals surface area contributed by atoms with Gasteiger partial charge in [0.05, 0.1) is 17.9 Å². The fraction of sp³-hybridized carbons (Fsp3) is 0.105. The number of carbonyl (C=O) groups is 2. The lowest BCUT2D eigenvalue weighted by Gasteiger charge is -2.07. The van der Waals surface area contributed by atoms with Crippen LogP contribution in [-0.2, 0) is 4.74 Å². The average Bonchev–Trinajstić information content (AvgIpc) is 3.05. The number of anilines is 2. The van der Waals surface area contributed by atoms with E-state index in [0.717, 1.165) is 16.9 Å². The first-order valence-corrected chi connectivity index (χ1v) is 8.80. The minimum atomic E-state index is -0.396. The quantitative estimate of drug-likeness (QED) is 0.669. The summed E-state index contributed by atoms with van der Waals surface area (Å²) in [6.07, 6.45) is 0. The Morgan fingerprint density at radius 1 is 1.12 bits per heavy atom. The molecule has 1 aromatic heterocycles. The second-order valence-corrected chi connectivity index (χ2v) is 6.38. The summed E-state index contributed by atoms with van der Waals surface area (Å²) in [5.41, 5.74) is 8.17. The summed E-state index contributed by atoms with van der Waals surface area (Å²) in [5.74, 6) is -0.700. The van der Waals surface area contributed by atoms with E-state index in [-0.39, 0.29) is 5.91 Å². The molecular weight excluding hydrogens is 350 g/mol. The highest BCUT2D eigenvalue weighted by Gasteiger charge is 2.19. The minimum Gasteiger partial charge on any atom is -0.462 e. The number of nitrogens with zero attached hydrogens (tertiary/aromatic N) is 1. The van der Waals surface area contributed by atoms with Gasteiger partial charge < -0.3 is 15.8 Å². The zero-order valence-electron chi connectivity index (χ0n) is 14.1. The van der Waals surface area contributed by atoms with Crippen molar-refractivity contribution in [2.24, 2.45) is 0 Å². The number of hydrogen-bond donors (Lipinski definition) is 2. The van der Waals surface area contributed by atoms with Crippen molar-refractivity contribution in [1.29, 1.82) is 0 Å². The monoisotopic (exact) mass is 367 g/mol. The van der Waals surface area contributed by atoms with Crippen LogP contribution in [0.1, 0.15) is 27.0 Å². The fourth-order valence-electron chi connectivity index (χ4n) is 2.37. The number of carbonyl (C=O) groups excluding carboxylic acids is 2. The number of rotatable bonds is 5. The highest BCUT2D eigenvalue weighted by atomic mass is 32.1. The zero-order valence-corrected chi connectivity index (χ0v) is 14.9. The maximum absolute atomic E-state index is 12.7. The van der Waals surface area contributed by atoms with Crippen LogP contribution in [0, 0.1) is 0 Å². The Labute approximate surface area is 154 Å². The van der Waals surface area contributed by atoms with Crippen LogP contribution in [0.2, 0.25) is 0 Å². The van der Waals surface area contributed by atoms with Gasteiger partial charge in [-0.2, -0.15) is 0 Å². The maximum Gasteiger partial charge on any atom is 0.338 e. The van der Waals surface area contributed by atoms with Crippen molar-refractivity contribution in [3.8, 4) is 11.3 Å². The first-order valence-electron chi connectivity index (χ1n) is 7.98. The van der Waals surface area contributed by atoms with Crippen LogP contribution >= 0.6 is 11.3 Å². The molecule has 0 aliphatic carbocycles. The molecule has 0 saturated carbocycles. The van der Waals surface area contributed by atoms with Gasteiger partial charge in [0.1, 0.15) is 4.88 Å². The Morgan fingerprint density at radius 3 is 2.46 bits per heavy atom. The summed E-state index contributed by atoms with van der Waals surface area (Å²) in [6, 6.07) is 15.9. The Kier molecular flexibility index (Phi) is 5.28. The molecule has 0 aliphatic heterocycles. The molecular formula is C19H17N3O3S. The number of amides is 1. The molecule has 0 atom stereocenters. The topological polar surface area (TPSA) is 94.3 Å². The molecule has 6 nitrogen and oxygen atoms in total. The molecule has 3 rings (SSSR count). The molecule has 0 bridgehead atoms. The first kappa shape index (κ1) is 17.6. The minimum absolute atomic E-state index is 0.304. The van der Waals surface area contributed by atoms with Crippen molar-refractivity contribution in [1.82, 2.24) is 4.98 Å². The lowest BCUT2D eigenvalue weighted by molar-refractivity contribution is 0.0526. The Hall–Kier alpha value is -3.19. The van der Waals surface area contributed by atoms with E-state index < -0.39 is 5.97 Å². The van der Waals surface area contributed by atoms with E-state index in [0.29, 0.717) is 33.6 Å². The van der Waals surface area contributed by atoms with Crippen LogP contribution < -0.4 is 11.1 Å². The molecule has 0 spiro atoms. The van der Waals surface area contributed by atoms with Gasteiger partial charge in [0, 0.05) is 11.3 Å². The van der Waals surface area contributed by atoms with Crippen LogP contribution in [0.5, 0.6) is 0 Å². The van der Waals surface area contributed by atoms with E-state index in [1.54, 1.807) is 31.2 Å². The van der Waals surface area contributed by atoms with E-state index >= 15 is 0 Å². The molecule has 1 amide bonds. The SMILES string of the molecule is CCOC(=O)c1ccc(NC(=O)c2sc(N)nc2-c2ccccc2)cc1. The van der Waals surface area contributed by atoms with Crippen molar-refractivity contribution in [3.63, 3.8) is 0 Å². The molecule has 2 aromatic carbocycles. The zero-order chi connectivity index (χ0) is 18.5. The lowest BCUT2D eigenvalue weighted by atomic mass is 10.1. The molecule has 7 heteroatoms. The number of benzene rings is 2. The molecule has 0 saturated heterocycles. The van der Waals surface area contributed by atoms with E-state index in [9.17, 15) is 9.59 Å². The van der Waals surface area contributed by atoms with Gasteiger partial charge in [-0.05, 0) is 31.2 Å². The summed E-state index contributed by atoms with van der Waals surface area (Å²) < 4.78 is 4.94. The first-order chi connectivity index (χ1) is 12.6. The molecule has 0 radical (unpaired) electrons. The highest BCUT2D eigenvalue weighted by Crippen LogP contribution is 2.30. The van der Waals surface area contributed by atoms with Gasteiger partial charge in [0.25, 0.3) is 5.91 Å². The van der Waals surface area contributed by atoms with Gasteiger partial charge >= 0.3 is 5.97 Å². The molecule has 1 heterocycles. The van der Waals surface area contributed by atoms with Crippen LogP contribution in [0.15, 0.2) is 54.6 Å². The molecule has 0 aliphatic rings. The van der Waals surface area contributed by atoms with Crippen molar-refractivity contribution in [2.45, 2.75) is 6.92 Å². The molecule has 3 aromatic rings. The number of nitrogen functional groups attached to an aromatic ring is 1. The number of aromatic nitrogens is 1. The predicted molar refractivity (Wildman–Crippen MR) is 102 cm³/mol. The maximum atomic E-state index is 12.7. The van der Waals surface area contributed by atoms with Gasteiger partial charge in [-0.15, -0.1) is 0 Å². The average molecular weight is 367 g/mol. The van der Waals surface area contributed by atoms with E-state index in [1.807, 2.05) is 30.3 Å². The standard InChI is InChI=1S/C19H17N3O3S/c1-2-25-18(24)13-8-10-14(11-9-13)21-17(23)16-15(22-19(20)26-16)12-6-4-3-5-7-12/h3-11H,2H2,1H3,(H2,20,22)(H,21,23). The summed E-state index contributed by atoms with van der Waals surface area (Å²) in [7, 11) is 0. The third-order valence-electron chi connectivity index (χ3n) is 3.55. The highest BCUT2D eigenvalue weighted by molar-refractivity contribution is 7.17. The predicted octanol–water partition coefficient (Wildman–Crippen LogP) is 3.82. The number of nitrogens with one attached hydrogen (secondary N) is 1. The summed E-state index contributed by atoms with van der Waals surface area (Å²) in [6.45, 7) is 2.06. The number of thiazole rings is 1. The second kappa shape index (κ2) is 7.79. The Bertz CT molecular complexity index is 921. The van der Waals surface area contributed by atoms with Gasteiger partial charge in [-0.3, -0.25) is 4.79 Å². The van der Waals surface area contributed by atoms with Crippen molar-refractivity contribution < 1.29 is 14.3 Å². The van der Waals surface area contributed by atoms with Crippen LogP contribution in [0.25, 0.3) is 11.3 Å². The van der Waals surface area contributed by atoms with E-state index in [1.165, 1.54) is 0 Å². The second-order valence-electron chi connectivity index (χ2n) is 5.35. The van der Waals surface area contributed by atoms with Crippen molar-refractivity contribution in [2.75, 3.05) is 17.7 Å². The summed E-state index contributed by atoms with van der Waals surface area (Å²) >= 11 is 1.13. The van der Waals surface area contributed by atoms with Crippen LogP contribution in [0.4, 0.5) is 10.8 Å².